The molecule has 1 aromatic heterocycles. The quantitative estimate of drug-likeness (QED) is 0.475. The summed E-state index contributed by atoms with van der Waals surface area (Å²) >= 11 is 5.02. The van der Waals surface area contributed by atoms with E-state index in [0.717, 1.165) is 10.0 Å². The molecule has 0 saturated carbocycles. The highest BCUT2D eigenvalue weighted by molar-refractivity contribution is 9.10. The molecule has 1 fully saturated rings. The van der Waals surface area contributed by atoms with Gasteiger partial charge in [-0.3, -0.25) is 0 Å². The van der Waals surface area contributed by atoms with Crippen molar-refractivity contribution in [1.82, 2.24) is 14.4 Å². The number of nitrogens with zero attached hydrogens (tertiary/aromatic N) is 3. The van der Waals surface area contributed by atoms with Crippen molar-refractivity contribution in [2.75, 3.05) is 19.3 Å². The van der Waals surface area contributed by atoms with Crippen molar-refractivity contribution in [3.05, 3.63) is 58.9 Å². The first-order valence-corrected chi connectivity index (χ1v) is 12.7. The number of hydrogen-bond donors (Lipinski definition) is 0. The van der Waals surface area contributed by atoms with Crippen molar-refractivity contribution in [1.29, 1.82) is 0 Å². The molecule has 1 aliphatic rings. The number of hydrogen-bond acceptors (Lipinski definition) is 6. The number of halogens is 1. The summed E-state index contributed by atoms with van der Waals surface area (Å²) in [5, 5.41) is 4.11. The van der Waals surface area contributed by atoms with Crippen LogP contribution in [0.4, 0.5) is 0 Å². The molecule has 9 heteroatoms. The van der Waals surface area contributed by atoms with Gasteiger partial charge in [-0.15, -0.1) is 11.8 Å². The molecular formula is C20H20BrN3O3S2. The molecule has 0 aliphatic carbocycles. The zero-order valence-corrected chi connectivity index (χ0v) is 19.0. The summed E-state index contributed by atoms with van der Waals surface area (Å²) in [5.41, 5.74) is 0.910. The molecule has 152 valence electrons. The van der Waals surface area contributed by atoms with Gasteiger partial charge >= 0.3 is 0 Å². The van der Waals surface area contributed by atoms with Gasteiger partial charge < -0.3 is 4.52 Å². The van der Waals surface area contributed by atoms with Gasteiger partial charge in [-0.05, 0) is 67.6 Å². The zero-order chi connectivity index (χ0) is 20.4. The van der Waals surface area contributed by atoms with Crippen LogP contribution in [-0.4, -0.2) is 42.2 Å². The predicted octanol–water partition coefficient (Wildman–Crippen LogP) is 4.79. The van der Waals surface area contributed by atoms with Gasteiger partial charge in [0, 0.05) is 33.9 Å². The fourth-order valence-corrected chi connectivity index (χ4v) is 5.50. The Kier molecular flexibility index (Phi) is 6.10. The van der Waals surface area contributed by atoms with Crippen LogP contribution in [-0.2, 0) is 10.0 Å². The van der Waals surface area contributed by atoms with Crippen molar-refractivity contribution in [2.24, 2.45) is 0 Å². The van der Waals surface area contributed by atoms with E-state index in [1.54, 1.807) is 36.0 Å². The second-order valence-electron chi connectivity index (χ2n) is 6.82. The number of thioether (sulfide) groups is 1. The van der Waals surface area contributed by atoms with E-state index in [9.17, 15) is 8.42 Å². The Labute approximate surface area is 182 Å². The molecule has 6 nitrogen and oxygen atoms in total. The Morgan fingerprint density at radius 3 is 2.34 bits per heavy atom. The minimum Gasteiger partial charge on any atom is -0.339 e. The number of benzene rings is 2. The average molecular weight is 494 g/mol. The van der Waals surface area contributed by atoms with E-state index in [4.69, 9.17) is 4.52 Å². The second kappa shape index (κ2) is 8.59. The number of sulfonamides is 1. The van der Waals surface area contributed by atoms with E-state index in [-0.39, 0.29) is 5.92 Å². The van der Waals surface area contributed by atoms with E-state index < -0.39 is 10.0 Å². The van der Waals surface area contributed by atoms with Crippen LogP contribution in [0.5, 0.6) is 0 Å². The number of piperidine rings is 1. The van der Waals surface area contributed by atoms with Crippen LogP contribution in [0.1, 0.15) is 24.7 Å². The van der Waals surface area contributed by atoms with Gasteiger partial charge in [0.25, 0.3) is 0 Å². The maximum absolute atomic E-state index is 12.8. The van der Waals surface area contributed by atoms with Crippen molar-refractivity contribution in [2.45, 2.75) is 28.6 Å². The van der Waals surface area contributed by atoms with Gasteiger partial charge in [0.05, 0.1) is 4.90 Å². The molecule has 0 amide bonds. The van der Waals surface area contributed by atoms with E-state index in [1.165, 1.54) is 9.20 Å². The standard InChI is InChI=1S/C20H20BrN3O3S2/c1-28-17-6-2-14(3-7-17)19-22-20(27-23-19)15-10-12-24(13-11-15)29(25,26)18-8-4-16(21)5-9-18/h2-9,15H,10-13H2,1H3. The molecular weight excluding hydrogens is 474 g/mol. The lowest BCUT2D eigenvalue weighted by molar-refractivity contribution is 0.271. The normalized spacial score (nSPS) is 16.2. The molecule has 29 heavy (non-hydrogen) atoms. The number of aromatic nitrogens is 2. The fourth-order valence-electron chi connectivity index (χ4n) is 3.36. The van der Waals surface area contributed by atoms with Crippen LogP contribution in [0.25, 0.3) is 11.4 Å². The van der Waals surface area contributed by atoms with Crippen molar-refractivity contribution < 1.29 is 12.9 Å². The predicted molar refractivity (Wildman–Crippen MR) is 116 cm³/mol. The molecule has 0 spiro atoms. The Morgan fingerprint density at radius 2 is 1.72 bits per heavy atom. The third-order valence-corrected chi connectivity index (χ3v) is 8.23. The average Bonchev–Trinajstić information content (AvgIpc) is 3.24. The summed E-state index contributed by atoms with van der Waals surface area (Å²) in [6.45, 7) is 0.867. The summed E-state index contributed by atoms with van der Waals surface area (Å²) in [6.07, 6.45) is 3.34. The molecule has 0 atom stereocenters. The molecule has 4 rings (SSSR count). The minimum absolute atomic E-state index is 0.0677. The van der Waals surface area contributed by atoms with Gasteiger partial charge in [-0.2, -0.15) is 9.29 Å². The molecule has 2 heterocycles. The zero-order valence-electron chi connectivity index (χ0n) is 15.8. The molecule has 3 aromatic rings. The Morgan fingerprint density at radius 1 is 1.07 bits per heavy atom. The maximum Gasteiger partial charge on any atom is 0.243 e. The van der Waals surface area contributed by atoms with Gasteiger partial charge in [0.2, 0.25) is 21.7 Å². The Balaban J connectivity index is 1.43. The SMILES string of the molecule is CSc1ccc(-c2noc(C3CCN(S(=O)(=O)c4ccc(Br)cc4)CC3)n2)cc1. The van der Waals surface area contributed by atoms with Gasteiger partial charge in [0.1, 0.15) is 0 Å². The van der Waals surface area contributed by atoms with Crippen LogP contribution < -0.4 is 0 Å². The first kappa shape index (κ1) is 20.6. The van der Waals surface area contributed by atoms with Crippen molar-refractivity contribution in [3.8, 4) is 11.4 Å². The second-order valence-corrected chi connectivity index (χ2v) is 10.6. The first-order valence-electron chi connectivity index (χ1n) is 9.21. The van der Waals surface area contributed by atoms with E-state index >= 15 is 0 Å². The summed E-state index contributed by atoms with van der Waals surface area (Å²) in [5.74, 6) is 1.21. The summed E-state index contributed by atoms with van der Waals surface area (Å²) in [6, 6.07) is 14.7. The van der Waals surface area contributed by atoms with Crippen LogP contribution in [0.3, 0.4) is 0 Å². The lowest BCUT2D eigenvalue weighted by Gasteiger charge is -2.29. The summed E-state index contributed by atoms with van der Waals surface area (Å²) < 4.78 is 33.6. The lowest BCUT2D eigenvalue weighted by atomic mass is 9.98. The van der Waals surface area contributed by atoms with Gasteiger partial charge in [-0.1, -0.05) is 21.1 Å². The van der Waals surface area contributed by atoms with Crippen LogP contribution in [0.15, 0.2) is 67.3 Å². The fraction of sp³-hybridized carbons (Fsp3) is 0.300. The summed E-state index contributed by atoms with van der Waals surface area (Å²) in [4.78, 5) is 6.05. The molecule has 0 unspecified atom stereocenters. The maximum atomic E-state index is 12.8. The molecule has 0 radical (unpaired) electrons. The first-order chi connectivity index (χ1) is 14.0. The largest absolute Gasteiger partial charge is 0.339 e. The molecule has 0 bridgehead atoms. The summed E-state index contributed by atoms with van der Waals surface area (Å²) in [7, 11) is -3.48. The lowest BCUT2D eigenvalue weighted by Crippen LogP contribution is -2.37. The van der Waals surface area contributed by atoms with Crippen LogP contribution in [0, 0.1) is 0 Å². The smallest absolute Gasteiger partial charge is 0.243 e. The van der Waals surface area contributed by atoms with Crippen molar-refractivity contribution >= 4 is 37.7 Å². The van der Waals surface area contributed by atoms with E-state index in [1.807, 2.05) is 30.5 Å². The highest BCUT2D eigenvalue weighted by Crippen LogP contribution is 2.31. The third kappa shape index (κ3) is 4.42. The molecule has 2 aromatic carbocycles. The third-order valence-electron chi connectivity index (χ3n) is 5.04. The molecule has 0 N–H and O–H groups in total. The topological polar surface area (TPSA) is 76.3 Å². The van der Waals surface area contributed by atoms with Crippen LogP contribution >= 0.6 is 27.7 Å². The van der Waals surface area contributed by atoms with Gasteiger partial charge in [-0.25, -0.2) is 8.42 Å². The monoisotopic (exact) mass is 493 g/mol. The van der Waals surface area contributed by atoms with E-state index in [0.29, 0.717) is 42.5 Å². The number of rotatable bonds is 5. The van der Waals surface area contributed by atoms with Gasteiger partial charge in [0.15, 0.2) is 0 Å². The molecule has 1 saturated heterocycles. The van der Waals surface area contributed by atoms with Crippen LogP contribution in [0.2, 0.25) is 0 Å². The highest BCUT2D eigenvalue weighted by atomic mass is 79.9. The van der Waals surface area contributed by atoms with E-state index in [2.05, 4.69) is 26.1 Å². The minimum atomic E-state index is -3.48. The Bertz CT molecular complexity index is 1070. The van der Waals surface area contributed by atoms with Crippen molar-refractivity contribution in [3.63, 3.8) is 0 Å². The molecule has 1 aliphatic heterocycles. The Hall–Kier alpha value is -1.68. The highest BCUT2D eigenvalue weighted by Gasteiger charge is 2.32.